The SMILES string of the molecule is OC(NC1CCOCC1)N1CCC(c2cc(-c3ccc(C(F)(F)F)cn3)no2)CC1. The molecular weight excluding hydrogens is 401 g/mol. The van der Waals surface area contributed by atoms with Crippen molar-refractivity contribution in [2.24, 2.45) is 0 Å². The van der Waals surface area contributed by atoms with Crippen LogP contribution in [0.25, 0.3) is 11.4 Å². The van der Waals surface area contributed by atoms with Crippen LogP contribution < -0.4 is 5.32 Å². The van der Waals surface area contributed by atoms with Gasteiger partial charge in [-0.25, -0.2) is 0 Å². The number of nitrogens with zero attached hydrogens (tertiary/aromatic N) is 3. The Hall–Kier alpha value is -2.01. The average Bonchev–Trinajstić information content (AvgIpc) is 3.24. The van der Waals surface area contributed by atoms with Crippen molar-refractivity contribution in [1.82, 2.24) is 20.4 Å². The largest absolute Gasteiger partial charge is 0.417 e. The minimum atomic E-state index is -4.42. The lowest BCUT2D eigenvalue weighted by Crippen LogP contribution is -2.53. The summed E-state index contributed by atoms with van der Waals surface area (Å²) < 4.78 is 48.8. The number of nitrogens with one attached hydrogen (secondary N) is 1. The Labute approximate surface area is 172 Å². The predicted molar refractivity (Wildman–Crippen MR) is 101 cm³/mol. The molecule has 2 fully saturated rings. The van der Waals surface area contributed by atoms with Crippen LogP contribution in [-0.2, 0) is 10.9 Å². The van der Waals surface area contributed by atoms with Gasteiger partial charge in [-0.15, -0.1) is 0 Å². The Balaban J connectivity index is 1.31. The number of piperidine rings is 1. The Morgan fingerprint density at radius 2 is 1.83 bits per heavy atom. The number of hydrogen-bond acceptors (Lipinski definition) is 7. The number of alkyl halides is 3. The van der Waals surface area contributed by atoms with E-state index < -0.39 is 18.1 Å². The van der Waals surface area contributed by atoms with Crippen LogP contribution in [0.5, 0.6) is 0 Å². The zero-order valence-corrected chi connectivity index (χ0v) is 16.4. The topological polar surface area (TPSA) is 83.6 Å². The van der Waals surface area contributed by atoms with Gasteiger partial charge in [-0.05, 0) is 37.8 Å². The summed E-state index contributed by atoms with van der Waals surface area (Å²) in [6.07, 6.45) is -0.925. The fraction of sp³-hybridized carbons (Fsp3) is 0.600. The first kappa shape index (κ1) is 21.2. The molecule has 0 bridgehead atoms. The molecule has 1 unspecified atom stereocenters. The third kappa shape index (κ3) is 5.00. The number of hydrogen-bond donors (Lipinski definition) is 2. The van der Waals surface area contributed by atoms with Crippen LogP contribution in [0.15, 0.2) is 28.9 Å². The lowest BCUT2D eigenvalue weighted by atomic mass is 9.94. The summed E-state index contributed by atoms with van der Waals surface area (Å²) in [6.45, 7) is 2.84. The number of aliphatic hydroxyl groups excluding tert-OH is 1. The molecular formula is C20H25F3N4O3. The second-order valence-corrected chi connectivity index (χ2v) is 7.78. The molecule has 0 saturated carbocycles. The van der Waals surface area contributed by atoms with E-state index >= 15 is 0 Å². The molecule has 0 aromatic carbocycles. The molecule has 2 aliphatic heterocycles. The van der Waals surface area contributed by atoms with Crippen molar-refractivity contribution >= 4 is 0 Å². The molecule has 0 aliphatic carbocycles. The Morgan fingerprint density at radius 1 is 1.10 bits per heavy atom. The maximum absolute atomic E-state index is 12.7. The van der Waals surface area contributed by atoms with Crippen LogP contribution in [0.2, 0.25) is 0 Å². The summed E-state index contributed by atoms with van der Waals surface area (Å²) in [5, 5.41) is 17.7. The van der Waals surface area contributed by atoms with Gasteiger partial charge in [-0.3, -0.25) is 15.2 Å². The van der Waals surface area contributed by atoms with Crippen LogP contribution in [0.3, 0.4) is 0 Å². The van der Waals surface area contributed by atoms with Crippen molar-refractivity contribution in [2.45, 2.75) is 50.2 Å². The monoisotopic (exact) mass is 426 g/mol. The van der Waals surface area contributed by atoms with Crippen molar-refractivity contribution in [3.63, 3.8) is 0 Å². The molecule has 4 heterocycles. The van der Waals surface area contributed by atoms with Gasteiger partial charge in [0.25, 0.3) is 0 Å². The number of likely N-dealkylation sites (tertiary alicyclic amines) is 1. The normalized spacial score (nSPS) is 21.1. The van der Waals surface area contributed by atoms with E-state index in [2.05, 4.69) is 15.5 Å². The summed E-state index contributed by atoms with van der Waals surface area (Å²) in [5.41, 5.74) is -0.0378. The highest BCUT2D eigenvalue weighted by atomic mass is 19.4. The highest BCUT2D eigenvalue weighted by molar-refractivity contribution is 5.54. The zero-order chi connectivity index (χ0) is 21.1. The number of ether oxygens (including phenoxy) is 1. The highest BCUT2D eigenvalue weighted by Gasteiger charge is 2.31. The van der Waals surface area contributed by atoms with Crippen LogP contribution in [0.1, 0.15) is 42.9 Å². The van der Waals surface area contributed by atoms with E-state index in [0.717, 1.165) is 37.9 Å². The lowest BCUT2D eigenvalue weighted by molar-refractivity contribution is -0.137. The summed E-state index contributed by atoms with van der Waals surface area (Å²) in [6, 6.07) is 4.29. The summed E-state index contributed by atoms with van der Waals surface area (Å²) >= 11 is 0. The van der Waals surface area contributed by atoms with E-state index in [9.17, 15) is 18.3 Å². The molecule has 164 valence electrons. The van der Waals surface area contributed by atoms with E-state index in [4.69, 9.17) is 9.26 Å². The maximum Gasteiger partial charge on any atom is 0.417 e. The first-order valence-corrected chi connectivity index (χ1v) is 10.2. The van der Waals surface area contributed by atoms with Gasteiger partial charge in [0.1, 0.15) is 11.5 Å². The molecule has 2 aliphatic rings. The summed E-state index contributed by atoms with van der Waals surface area (Å²) in [5.74, 6) is 0.838. The Morgan fingerprint density at radius 3 is 2.47 bits per heavy atom. The number of rotatable bonds is 5. The summed E-state index contributed by atoms with van der Waals surface area (Å²) in [7, 11) is 0. The molecule has 1 atom stereocenters. The molecule has 4 rings (SSSR count). The molecule has 2 saturated heterocycles. The fourth-order valence-electron chi connectivity index (χ4n) is 3.92. The molecule has 0 radical (unpaired) electrons. The molecule has 10 heteroatoms. The van der Waals surface area contributed by atoms with Gasteiger partial charge >= 0.3 is 6.18 Å². The predicted octanol–water partition coefficient (Wildman–Crippen LogP) is 2.98. The smallest absolute Gasteiger partial charge is 0.381 e. The molecule has 7 nitrogen and oxygen atoms in total. The van der Waals surface area contributed by atoms with E-state index in [1.54, 1.807) is 6.07 Å². The third-order valence-corrected chi connectivity index (χ3v) is 5.77. The Kier molecular flexibility index (Phi) is 6.37. The van der Waals surface area contributed by atoms with Crippen molar-refractivity contribution < 1.29 is 27.5 Å². The number of aromatic nitrogens is 2. The molecule has 2 N–H and O–H groups in total. The van der Waals surface area contributed by atoms with Crippen molar-refractivity contribution in [1.29, 1.82) is 0 Å². The molecule has 0 amide bonds. The van der Waals surface area contributed by atoms with Gasteiger partial charge in [-0.1, -0.05) is 5.16 Å². The minimum Gasteiger partial charge on any atom is -0.381 e. The zero-order valence-electron chi connectivity index (χ0n) is 16.4. The van der Waals surface area contributed by atoms with Crippen LogP contribution in [-0.4, -0.2) is 58.8 Å². The van der Waals surface area contributed by atoms with Gasteiger partial charge in [-0.2, -0.15) is 13.2 Å². The third-order valence-electron chi connectivity index (χ3n) is 5.77. The van der Waals surface area contributed by atoms with E-state index in [1.807, 2.05) is 4.90 Å². The number of pyridine rings is 1. The van der Waals surface area contributed by atoms with Gasteiger partial charge in [0, 0.05) is 50.5 Å². The van der Waals surface area contributed by atoms with Crippen LogP contribution >= 0.6 is 0 Å². The second-order valence-electron chi connectivity index (χ2n) is 7.78. The Bertz CT molecular complexity index is 813. The van der Waals surface area contributed by atoms with E-state index in [0.29, 0.717) is 43.5 Å². The van der Waals surface area contributed by atoms with Crippen LogP contribution in [0.4, 0.5) is 13.2 Å². The number of halogens is 3. The number of aliphatic hydroxyl groups is 1. The second kappa shape index (κ2) is 9.01. The molecule has 0 spiro atoms. The van der Waals surface area contributed by atoms with Crippen molar-refractivity contribution in [3.05, 3.63) is 35.7 Å². The van der Waals surface area contributed by atoms with E-state index in [-0.39, 0.29) is 12.0 Å². The van der Waals surface area contributed by atoms with E-state index in [1.165, 1.54) is 6.07 Å². The maximum atomic E-state index is 12.7. The quantitative estimate of drug-likeness (QED) is 0.711. The molecule has 2 aromatic rings. The molecule has 30 heavy (non-hydrogen) atoms. The van der Waals surface area contributed by atoms with Crippen LogP contribution in [0, 0.1) is 0 Å². The minimum absolute atomic E-state index is 0.146. The van der Waals surface area contributed by atoms with Gasteiger partial charge < -0.3 is 14.4 Å². The standard InChI is InChI=1S/C20H25F3N4O3/c21-20(22,23)14-1-2-16(24-12-14)17-11-18(30-26-17)13-3-7-27(8-4-13)19(28)25-15-5-9-29-10-6-15/h1-2,11-13,15,19,25,28H,3-10H2. The highest BCUT2D eigenvalue weighted by Crippen LogP contribution is 2.32. The van der Waals surface area contributed by atoms with Gasteiger partial charge in [0.15, 0.2) is 6.35 Å². The first-order chi connectivity index (χ1) is 14.4. The van der Waals surface area contributed by atoms with Crippen molar-refractivity contribution in [3.8, 4) is 11.4 Å². The van der Waals surface area contributed by atoms with Crippen molar-refractivity contribution in [2.75, 3.05) is 26.3 Å². The summed E-state index contributed by atoms with van der Waals surface area (Å²) in [4.78, 5) is 5.86. The van der Waals surface area contributed by atoms with Gasteiger partial charge in [0.05, 0.1) is 11.3 Å². The first-order valence-electron chi connectivity index (χ1n) is 10.2. The lowest BCUT2D eigenvalue weighted by Gasteiger charge is -2.36. The average molecular weight is 426 g/mol. The van der Waals surface area contributed by atoms with Gasteiger partial charge in [0.2, 0.25) is 0 Å². The fourth-order valence-corrected chi connectivity index (χ4v) is 3.92. The molecule has 2 aromatic heterocycles.